The summed E-state index contributed by atoms with van der Waals surface area (Å²) in [7, 11) is 0. The van der Waals surface area contributed by atoms with Crippen LogP contribution in [-0.2, 0) is 9.53 Å². The van der Waals surface area contributed by atoms with E-state index < -0.39 is 0 Å². The van der Waals surface area contributed by atoms with E-state index >= 15 is 0 Å². The second-order valence-electron chi connectivity index (χ2n) is 10.5. The molecule has 0 spiro atoms. The van der Waals surface area contributed by atoms with Gasteiger partial charge >= 0.3 is 0 Å². The van der Waals surface area contributed by atoms with Crippen molar-refractivity contribution in [2.24, 2.45) is 5.41 Å². The van der Waals surface area contributed by atoms with E-state index in [9.17, 15) is 4.79 Å². The smallest absolute Gasteiger partial charge is 0.225 e. The van der Waals surface area contributed by atoms with Crippen LogP contribution in [0.2, 0.25) is 0 Å². The van der Waals surface area contributed by atoms with Gasteiger partial charge < -0.3 is 10.1 Å². The molecule has 3 heteroatoms. The second kappa shape index (κ2) is 18.6. The van der Waals surface area contributed by atoms with Gasteiger partial charge in [0.2, 0.25) is 5.91 Å². The maximum absolute atomic E-state index is 12.0. The third kappa shape index (κ3) is 15.1. The number of hydrogen-bond acceptors (Lipinski definition) is 2. The second-order valence-corrected chi connectivity index (χ2v) is 10.5. The van der Waals surface area contributed by atoms with Crippen molar-refractivity contribution >= 4 is 5.91 Å². The molecular weight excluding hydrogens is 394 g/mol. The minimum absolute atomic E-state index is 0.0228. The van der Waals surface area contributed by atoms with Crippen molar-refractivity contribution in [2.75, 3.05) is 6.54 Å². The Hall–Kier alpha value is -0.830. The van der Waals surface area contributed by atoms with Crippen LogP contribution < -0.4 is 5.32 Å². The monoisotopic (exact) mass is 451 g/mol. The first-order valence-corrected chi connectivity index (χ1v) is 13.9. The Labute approximate surface area is 201 Å². The molecule has 0 aliphatic heterocycles. The molecule has 0 heterocycles. The Balaban J connectivity index is 4.01. The summed E-state index contributed by atoms with van der Waals surface area (Å²) in [6, 6.07) is 0. The summed E-state index contributed by atoms with van der Waals surface area (Å²) in [5, 5.41) is 3.09. The Morgan fingerprint density at radius 2 is 1.44 bits per heavy atom. The maximum Gasteiger partial charge on any atom is 0.225 e. The van der Waals surface area contributed by atoms with Gasteiger partial charge in [0.15, 0.2) is 0 Å². The molecule has 1 amide bonds. The summed E-state index contributed by atoms with van der Waals surface area (Å²) < 4.78 is 6.56. The van der Waals surface area contributed by atoms with Crippen LogP contribution in [0.25, 0.3) is 0 Å². The molecule has 1 unspecified atom stereocenters. The first kappa shape index (κ1) is 31.2. The number of carbonyl (C=O) groups excluding carboxylic acids is 1. The minimum Gasteiger partial charge on any atom is -0.372 e. The lowest BCUT2D eigenvalue weighted by atomic mass is 9.89. The lowest BCUT2D eigenvalue weighted by Gasteiger charge is -2.32. The van der Waals surface area contributed by atoms with Gasteiger partial charge in [0.25, 0.3) is 0 Å². The number of carbonyl (C=O) groups is 1. The first-order valence-electron chi connectivity index (χ1n) is 13.9. The predicted molar refractivity (Wildman–Crippen MR) is 141 cm³/mol. The molecule has 32 heavy (non-hydrogen) atoms. The van der Waals surface area contributed by atoms with Crippen LogP contribution in [0, 0.1) is 5.41 Å². The fourth-order valence-electron chi connectivity index (χ4n) is 3.73. The molecule has 0 aromatic carbocycles. The molecule has 1 N–H and O–H groups in total. The molecule has 190 valence electrons. The van der Waals surface area contributed by atoms with Gasteiger partial charge in [0.1, 0.15) is 0 Å². The quantitative estimate of drug-likeness (QED) is 0.140. The molecule has 0 saturated heterocycles. The molecular formula is C29H57NO2. The van der Waals surface area contributed by atoms with E-state index in [1.54, 1.807) is 0 Å². The summed E-state index contributed by atoms with van der Waals surface area (Å²) in [6.45, 7) is 15.9. The molecule has 3 nitrogen and oxygen atoms in total. The molecule has 0 aromatic heterocycles. The predicted octanol–water partition coefficient (Wildman–Crippen LogP) is 8.76. The molecule has 0 aromatic rings. The average Bonchev–Trinajstić information content (AvgIpc) is 2.79. The number of allylic oxidation sites excluding steroid dienone is 1. The van der Waals surface area contributed by atoms with Crippen LogP contribution in [0.4, 0.5) is 0 Å². The van der Waals surface area contributed by atoms with Gasteiger partial charge in [0, 0.05) is 12.0 Å². The molecule has 0 fully saturated rings. The van der Waals surface area contributed by atoms with Gasteiger partial charge in [-0.3, -0.25) is 4.79 Å². The van der Waals surface area contributed by atoms with Crippen molar-refractivity contribution in [3.63, 3.8) is 0 Å². The van der Waals surface area contributed by atoms with Crippen LogP contribution in [0.15, 0.2) is 12.2 Å². The van der Waals surface area contributed by atoms with Crippen molar-refractivity contribution in [3.8, 4) is 0 Å². The fraction of sp³-hybridized carbons (Fsp3) is 0.897. The first-order chi connectivity index (χ1) is 15.2. The zero-order valence-corrected chi connectivity index (χ0v) is 22.9. The van der Waals surface area contributed by atoms with Crippen molar-refractivity contribution in [2.45, 2.75) is 156 Å². The van der Waals surface area contributed by atoms with Crippen molar-refractivity contribution in [3.05, 3.63) is 12.2 Å². The number of amides is 1. The van der Waals surface area contributed by atoms with E-state index in [0.717, 1.165) is 38.6 Å². The van der Waals surface area contributed by atoms with E-state index in [1.807, 2.05) is 13.8 Å². The molecule has 0 aliphatic rings. The number of unbranched alkanes of at least 4 members (excludes halogenated alkanes) is 8. The summed E-state index contributed by atoms with van der Waals surface area (Å²) in [5.74, 6) is 0.191. The third-order valence-corrected chi connectivity index (χ3v) is 7.22. The minimum atomic E-state index is -0.238. The van der Waals surface area contributed by atoms with Crippen molar-refractivity contribution in [1.29, 1.82) is 0 Å². The van der Waals surface area contributed by atoms with Crippen molar-refractivity contribution < 1.29 is 9.53 Å². The number of ether oxygens (including phenoxy) is 1. The molecule has 0 rings (SSSR count). The summed E-state index contributed by atoms with van der Waals surface area (Å²) in [4.78, 5) is 12.0. The Kier molecular flexibility index (Phi) is 18.1. The highest BCUT2D eigenvalue weighted by atomic mass is 16.5. The zero-order chi connectivity index (χ0) is 24.3. The molecule has 1 atom stereocenters. The van der Waals surface area contributed by atoms with Crippen LogP contribution in [0.5, 0.6) is 0 Å². The zero-order valence-electron chi connectivity index (χ0n) is 22.9. The Morgan fingerprint density at radius 3 is 2.06 bits per heavy atom. The fourth-order valence-corrected chi connectivity index (χ4v) is 3.73. The molecule has 0 saturated carbocycles. The Bertz CT molecular complexity index is 480. The van der Waals surface area contributed by atoms with Crippen LogP contribution in [0.3, 0.4) is 0 Å². The van der Waals surface area contributed by atoms with E-state index in [0.29, 0.717) is 6.10 Å². The highest BCUT2D eigenvalue weighted by molar-refractivity contribution is 5.81. The van der Waals surface area contributed by atoms with E-state index in [4.69, 9.17) is 4.74 Å². The average molecular weight is 452 g/mol. The summed E-state index contributed by atoms with van der Waals surface area (Å²) >= 11 is 0. The topological polar surface area (TPSA) is 38.3 Å². The lowest BCUT2D eigenvalue weighted by molar-refractivity contribution is -0.129. The van der Waals surface area contributed by atoms with Crippen LogP contribution >= 0.6 is 0 Å². The van der Waals surface area contributed by atoms with Gasteiger partial charge in [-0.25, -0.2) is 0 Å². The highest BCUT2D eigenvalue weighted by Gasteiger charge is 2.25. The van der Waals surface area contributed by atoms with Gasteiger partial charge in [-0.05, 0) is 58.3 Å². The lowest BCUT2D eigenvalue weighted by Crippen LogP contribution is -2.36. The Morgan fingerprint density at radius 1 is 0.812 bits per heavy atom. The summed E-state index contributed by atoms with van der Waals surface area (Å²) in [6.07, 6.45) is 22.9. The van der Waals surface area contributed by atoms with E-state index in [2.05, 4.69) is 52.1 Å². The molecule has 0 bridgehead atoms. The van der Waals surface area contributed by atoms with Gasteiger partial charge in [0.05, 0.1) is 11.7 Å². The normalized spacial score (nSPS) is 13.6. The maximum atomic E-state index is 12.0. The van der Waals surface area contributed by atoms with Gasteiger partial charge in [-0.15, -0.1) is 0 Å². The standard InChI is InChI=1S/C29H57NO2/c1-8-12-13-20-23-26(32-29(7,10-3)11-4)24-21-18-16-14-15-17-19-22-25-30-27(31)28(5,6)9-2/h18,21,26H,8-17,19-20,22-25H2,1-7H3,(H,30,31)/b21-18-. The number of hydrogen-bond donors (Lipinski definition) is 1. The SMILES string of the molecule is CCCCCCC(C/C=C\CCCCCCCNC(=O)C(C)(C)CC)OC(C)(CC)CC. The van der Waals surface area contributed by atoms with E-state index in [1.165, 1.54) is 64.2 Å². The third-order valence-electron chi connectivity index (χ3n) is 7.22. The highest BCUT2D eigenvalue weighted by Crippen LogP contribution is 2.25. The van der Waals surface area contributed by atoms with Crippen molar-refractivity contribution in [1.82, 2.24) is 5.32 Å². The number of rotatable bonds is 21. The number of nitrogens with one attached hydrogen (secondary N) is 1. The largest absolute Gasteiger partial charge is 0.372 e. The molecule has 0 aliphatic carbocycles. The van der Waals surface area contributed by atoms with Gasteiger partial charge in [-0.1, -0.05) is 98.6 Å². The molecule has 0 radical (unpaired) electrons. The van der Waals surface area contributed by atoms with Crippen LogP contribution in [-0.4, -0.2) is 24.2 Å². The van der Waals surface area contributed by atoms with E-state index in [-0.39, 0.29) is 16.9 Å². The van der Waals surface area contributed by atoms with Crippen LogP contribution in [0.1, 0.15) is 145 Å². The summed E-state index contributed by atoms with van der Waals surface area (Å²) in [5.41, 5.74) is -0.216. The van der Waals surface area contributed by atoms with Gasteiger partial charge in [-0.2, -0.15) is 0 Å².